The van der Waals surface area contributed by atoms with Crippen LogP contribution in [-0.4, -0.2) is 29.6 Å². The summed E-state index contributed by atoms with van der Waals surface area (Å²) in [7, 11) is 0. The molecule has 0 saturated carbocycles. The van der Waals surface area contributed by atoms with Crippen LogP contribution < -0.4 is 0 Å². The van der Waals surface area contributed by atoms with Crippen LogP contribution in [0.4, 0.5) is 0 Å². The number of hydrogen-bond donors (Lipinski definition) is 1. The minimum absolute atomic E-state index is 0.428. The van der Waals surface area contributed by atoms with Crippen molar-refractivity contribution in [3.05, 3.63) is 34.9 Å². The smallest absolute Gasteiger partial charge is 0.0952 e. The lowest BCUT2D eigenvalue weighted by Crippen LogP contribution is -2.44. The molecule has 2 bridgehead atoms. The summed E-state index contributed by atoms with van der Waals surface area (Å²) in [5.74, 6) is 0.428. The second kappa shape index (κ2) is 3.82. The summed E-state index contributed by atoms with van der Waals surface area (Å²) in [6.07, 6.45) is 2.03. The molecule has 3 unspecified atom stereocenters. The first-order valence-corrected chi connectivity index (χ1v) is 6.63. The van der Waals surface area contributed by atoms with E-state index in [2.05, 4.69) is 36.9 Å². The van der Waals surface area contributed by atoms with Crippen LogP contribution in [0.3, 0.4) is 0 Å². The highest BCUT2D eigenvalue weighted by Crippen LogP contribution is 2.44. The van der Waals surface area contributed by atoms with Crippen LogP contribution in [0.5, 0.6) is 0 Å². The summed E-state index contributed by atoms with van der Waals surface area (Å²) in [5.41, 5.74) is 3.15. The van der Waals surface area contributed by atoms with Gasteiger partial charge in [-0.05, 0) is 49.9 Å². The third-order valence-corrected chi connectivity index (χ3v) is 4.83. The molecule has 92 valence electrons. The van der Waals surface area contributed by atoms with E-state index in [0.29, 0.717) is 5.92 Å². The van der Waals surface area contributed by atoms with Gasteiger partial charge >= 0.3 is 0 Å². The van der Waals surface area contributed by atoms with Gasteiger partial charge in [0.25, 0.3) is 0 Å². The number of piperidine rings is 1. The van der Waals surface area contributed by atoms with Gasteiger partial charge in [-0.3, -0.25) is 0 Å². The number of aryl methyl sites for hydroxylation is 1. The lowest BCUT2D eigenvalue weighted by molar-refractivity contribution is -0.0507. The zero-order valence-electron chi connectivity index (χ0n) is 10.7. The molecule has 1 aromatic rings. The first-order chi connectivity index (χ1) is 8.11. The molecule has 3 atom stereocenters. The fourth-order valence-electron chi connectivity index (χ4n) is 3.53. The maximum Gasteiger partial charge on any atom is 0.0952 e. The van der Waals surface area contributed by atoms with Crippen molar-refractivity contribution in [2.75, 3.05) is 19.6 Å². The number of fused-ring (bicyclic) bond motifs is 2. The molecule has 2 aliphatic heterocycles. The van der Waals surface area contributed by atoms with Gasteiger partial charge in [-0.1, -0.05) is 18.2 Å². The summed E-state index contributed by atoms with van der Waals surface area (Å²) in [6.45, 7) is 7.55. The Morgan fingerprint density at radius 2 is 2.12 bits per heavy atom. The van der Waals surface area contributed by atoms with Crippen molar-refractivity contribution in [1.29, 1.82) is 0 Å². The monoisotopic (exact) mass is 231 g/mol. The molecule has 1 aromatic carbocycles. The van der Waals surface area contributed by atoms with Gasteiger partial charge in [0.05, 0.1) is 5.60 Å². The van der Waals surface area contributed by atoms with Crippen LogP contribution in [-0.2, 0) is 5.60 Å². The Morgan fingerprint density at radius 1 is 1.29 bits per heavy atom. The molecular weight excluding hydrogens is 210 g/mol. The summed E-state index contributed by atoms with van der Waals surface area (Å²) in [5, 5.41) is 11.1. The molecule has 3 rings (SSSR count). The number of hydrogen-bond acceptors (Lipinski definition) is 2. The Labute approximate surface area is 103 Å². The molecule has 0 aromatic heterocycles. The predicted molar refractivity (Wildman–Crippen MR) is 69.0 cm³/mol. The highest BCUT2D eigenvalue weighted by Gasteiger charge is 2.46. The van der Waals surface area contributed by atoms with Crippen LogP contribution in [0.15, 0.2) is 18.2 Å². The first-order valence-electron chi connectivity index (χ1n) is 6.63. The summed E-state index contributed by atoms with van der Waals surface area (Å²) < 4.78 is 0. The van der Waals surface area contributed by atoms with Crippen LogP contribution in [0.1, 0.15) is 29.5 Å². The number of aliphatic hydroxyl groups is 1. The zero-order valence-corrected chi connectivity index (χ0v) is 10.7. The molecule has 1 N–H and O–H groups in total. The Hall–Kier alpha value is -0.860. The topological polar surface area (TPSA) is 23.5 Å². The van der Waals surface area contributed by atoms with E-state index in [1.54, 1.807) is 0 Å². The van der Waals surface area contributed by atoms with Crippen LogP contribution in [0.2, 0.25) is 0 Å². The van der Waals surface area contributed by atoms with E-state index in [0.717, 1.165) is 32.5 Å². The van der Waals surface area contributed by atoms with Gasteiger partial charge in [0, 0.05) is 19.0 Å². The largest absolute Gasteiger partial charge is 0.385 e. The van der Waals surface area contributed by atoms with E-state index >= 15 is 0 Å². The Morgan fingerprint density at radius 3 is 2.94 bits per heavy atom. The van der Waals surface area contributed by atoms with E-state index in [4.69, 9.17) is 0 Å². The average Bonchev–Trinajstić information content (AvgIpc) is 2.73. The van der Waals surface area contributed by atoms with E-state index in [9.17, 15) is 5.11 Å². The van der Waals surface area contributed by atoms with E-state index < -0.39 is 5.60 Å². The fraction of sp³-hybridized carbons (Fsp3) is 0.600. The molecule has 2 aliphatic rings. The van der Waals surface area contributed by atoms with Crippen LogP contribution >= 0.6 is 0 Å². The lowest BCUT2D eigenvalue weighted by atomic mass is 9.75. The molecule has 2 nitrogen and oxygen atoms in total. The Kier molecular flexibility index (Phi) is 2.53. The van der Waals surface area contributed by atoms with Crippen molar-refractivity contribution in [3.8, 4) is 0 Å². The second-order valence-corrected chi connectivity index (χ2v) is 5.71. The Bertz CT molecular complexity index is 443. The van der Waals surface area contributed by atoms with Crippen LogP contribution in [0.25, 0.3) is 0 Å². The zero-order chi connectivity index (χ0) is 12.0. The second-order valence-electron chi connectivity index (χ2n) is 5.71. The van der Waals surface area contributed by atoms with Gasteiger partial charge < -0.3 is 10.0 Å². The van der Waals surface area contributed by atoms with Gasteiger partial charge in [0.15, 0.2) is 0 Å². The van der Waals surface area contributed by atoms with Crippen molar-refractivity contribution < 1.29 is 5.11 Å². The van der Waals surface area contributed by atoms with Crippen molar-refractivity contribution >= 4 is 0 Å². The molecule has 2 heterocycles. The van der Waals surface area contributed by atoms with Gasteiger partial charge in [0.1, 0.15) is 0 Å². The maximum absolute atomic E-state index is 11.1. The SMILES string of the molecule is Cc1cccc(C2(O)CCN3CCC2C3)c1C. The van der Waals surface area contributed by atoms with Crippen molar-refractivity contribution in [1.82, 2.24) is 4.90 Å². The third kappa shape index (κ3) is 1.62. The average molecular weight is 231 g/mol. The van der Waals surface area contributed by atoms with Crippen molar-refractivity contribution in [3.63, 3.8) is 0 Å². The molecular formula is C15H21NO. The molecule has 0 spiro atoms. The minimum atomic E-state index is -0.580. The molecule has 2 saturated heterocycles. The maximum atomic E-state index is 11.1. The predicted octanol–water partition coefficient (Wildman–Crippen LogP) is 2.22. The standard InChI is InChI=1S/C15H21NO/c1-11-4-3-5-14(12(11)2)15(17)7-9-16-8-6-13(15)10-16/h3-5,13,17H,6-10H2,1-2H3. The Balaban J connectivity index is 2.04. The molecule has 0 radical (unpaired) electrons. The normalized spacial score (nSPS) is 36.2. The molecule has 0 aliphatic carbocycles. The first kappa shape index (κ1) is 11.2. The summed E-state index contributed by atoms with van der Waals surface area (Å²) in [6, 6.07) is 6.33. The highest BCUT2D eigenvalue weighted by atomic mass is 16.3. The van der Waals surface area contributed by atoms with Gasteiger partial charge in [0.2, 0.25) is 0 Å². The van der Waals surface area contributed by atoms with Gasteiger partial charge in [-0.25, -0.2) is 0 Å². The lowest BCUT2D eigenvalue weighted by Gasteiger charge is -2.40. The minimum Gasteiger partial charge on any atom is -0.385 e. The number of benzene rings is 1. The van der Waals surface area contributed by atoms with Gasteiger partial charge in [-0.2, -0.15) is 0 Å². The van der Waals surface area contributed by atoms with Crippen molar-refractivity contribution in [2.24, 2.45) is 5.92 Å². The quantitative estimate of drug-likeness (QED) is 0.801. The van der Waals surface area contributed by atoms with E-state index in [1.807, 2.05) is 0 Å². The molecule has 0 amide bonds. The van der Waals surface area contributed by atoms with Crippen LogP contribution in [0, 0.1) is 19.8 Å². The molecule has 2 heteroatoms. The van der Waals surface area contributed by atoms with E-state index in [1.165, 1.54) is 16.7 Å². The third-order valence-electron chi connectivity index (χ3n) is 4.83. The molecule has 2 fully saturated rings. The van der Waals surface area contributed by atoms with Gasteiger partial charge in [-0.15, -0.1) is 0 Å². The highest BCUT2D eigenvalue weighted by molar-refractivity contribution is 5.38. The number of nitrogens with zero attached hydrogens (tertiary/aromatic N) is 1. The van der Waals surface area contributed by atoms with Crippen molar-refractivity contribution in [2.45, 2.75) is 32.3 Å². The molecule has 17 heavy (non-hydrogen) atoms. The number of rotatable bonds is 1. The summed E-state index contributed by atoms with van der Waals surface area (Å²) >= 11 is 0. The summed E-state index contributed by atoms with van der Waals surface area (Å²) in [4.78, 5) is 2.48. The fourth-order valence-corrected chi connectivity index (χ4v) is 3.53. The van der Waals surface area contributed by atoms with E-state index in [-0.39, 0.29) is 0 Å².